The highest BCUT2D eigenvalue weighted by molar-refractivity contribution is 5.93. The number of nitrogens with one attached hydrogen (secondary N) is 1. The van der Waals surface area contributed by atoms with E-state index in [1.165, 1.54) is 0 Å². The van der Waals surface area contributed by atoms with Crippen LogP contribution in [0.4, 0.5) is 19.1 Å². The number of benzene rings is 1. The monoisotopic (exact) mass is 417 g/mol. The molecular formula is C19H18F3N7O. The van der Waals surface area contributed by atoms with Crippen LogP contribution in [0.3, 0.4) is 0 Å². The summed E-state index contributed by atoms with van der Waals surface area (Å²) in [7, 11) is 0. The van der Waals surface area contributed by atoms with Crippen LogP contribution in [0.25, 0.3) is 16.8 Å². The Bertz CT molecular complexity index is 1270. The van der Waals surface area contributed by atoms with Crippen molar-refractivity contribution in [2.24, 2.45) is 0 Å². The van der Waals surface area contributed by atoms with Gasteiger partial charge in [0, 0.05) is 23.5 Å². The number of alkyl halides is 3. The zero-order chi connectivity index (χ0) is 21.6. The average molecular weight is 417 g/mol. The average Bonchev–Trinajstić information content (AvgIpc) is 3.26. The van der Waals surface area contributed by atoms with Crippen molar-refractivity contribution in [3.63, 3.8) is 0 Å². The standard InChI is InChI=1S/C19H18F3N7O/c1-4-28-14-8-6-5-7-13(14)24-17(28)25-15(30)9-12-10(2)23-18-26-16(19(20,21)22)27-29(18)11(12)3/h5-8H,4,9H2,1-3H3,(H,24,25,30). The van der Waals surface area contributed by atoms with Crippen LogP contribution in [0.1, 0.15) is 29.7 Å². The first-order chi connectivity index (χ1) is 14.2. The van der Waals surface area contributed by atoms with E-state index >= 15 is 0 Å². The van der Waals surface area contributed by atoms with E-state index in [1.54, 1.807) is 13.8 Å². The van der Waals surface area contributed by atoms with Crippen molar-refractivity contribution in [3.8, 4) is 0 Å². The second-order valence-electron chi connectivity index (χ2n) is 6.80. The maximum Gasteiger partial charge on any atom is 0.453 e. The van der Waals surface area contributed by atoms with E-state index in [0.29, 0.717) is 29.4 Å². The molecule has 1 aromatic carbocycles. The number of hydrogen-bond donors (Lipinski definition) is 1. The molecule has 0 saturated carbocycles. The second-order valence-corrected chi connectivity index (χ2v) is 6.80. The van der Waals surface area contributed by atoms with Gasteiger partial charge in [-0.2, -0.15) is 18.2 Å². The van der Waals surface area contributed by atoms with Gasteiger partial charge in [-0.15, -0.1) is 5.10 Å². The highest BCUT2D eigenvalue weighted by atomic mass is 19.4. The van der Waals surface area contributed by atoms with Crippen molar-refractivity contribution < 1.29 is 18.0 Å². The molecule has 11 heteroatoms. The van der Waals surface area contributed by atoms with E-state index in [2.05, 4.69) is 25.4 Å². The fourth-order valence-corrected chi connectivity index (χ4v) is 3.40. The Kier molecular flexibility index (Phi) is 4.67. The Balaban J connectivity index is 1.65. The Morgan fingerprint density at radius 1 is 1.13 bits per heavy atom. The lowest BCUT2D eigenvalue weighted by Gasteiger charge is -2.11. The number of aryl methyl sites for hydroxylation is 3. The van der Waals surface area contributed by atoms with Gasteiger partial charge < -0.3 is 4.57 Å². The van der Waals surface area contributed by atoms with Gasteiger partial charge >= 0.3 is 6.18 Å². The minimum absolute atomic E-state index is 0.0886. The van der Waals surface area contributed by atoms with Gasteiger partial charge in [0.2, 0.25) is 11.9 Å². The number of rotatable bonds is 4. The van der Waals surface area contributed by atoms with Crippen molar-refractivity contribution in [2.45, 2.75) is 39.9 Å². The second kappa shape index (κ2) is 7.08. The summed E-state index contributed by atoms with van der Waals surface area (Å²) in [6.07, 6.45) is -4.76. The van der Waals surface area contributed by atoms with Crippen LogP contribution in [0.15, 0.2) is 24.3 Å². The summed E-state index contributed by atoms with van der Waals surface area (Å²) in [5, 5.41) is 6.29. The van der Waals surface area contributed by atoms with E-state index in [4.69, 9.17) is 0 Å². The van der Waals surface area contributed by atoms with Crippen molar-refractivity contribution in [3.05, 3.63) is 47.0 Å². The molecule has 0 radical (unpaired) electrons. The highest BCUT2D eigenvalue weighted by Gasteiger charge is 2.37. The van der Waals surface area contributed by atoms with E-state index in [-0.39, 0.29) is 18.1 Å². The molecule has 3 aromatic heterocycles. The van der Waals surface area contributed by atoms with Gasteiger partial charge in [-0.05, 0) is 32.9 Å². The Hall–Kier alpha value is -3.50. The minimum atomic E-state index is -4.68. The number of amides is 1. The van der Waals surface area contributed by atoms with Crippen LogP contribution in [-0.2, 0) is 23.9 Å². The van der Waals surface area contributed by atoms with Crippen LogP contribution < -0.4 is 5.32 Å². The summed E-state index contributed by atoms with van der Waals surface area (Å²) in [5.41, 5.74) is 2.93. The van der Waals surface area contributed by atoms with Crippen LogP contribution in [-0.4, -0.2) is 35.0 Å². The molecule has 0 aliphatic heterocycles. The highest BCUT2D eigenvalue weighted by Crippen LogP contribution is 2.27. The molecule has 1 N–H and O–H groups in total. The van der Waals surface area contributed by atoms with Crippen LogP contribution in [0, 0.1) is 13.8 Å². The molecule has 0 fully saturated rings. The maximum atomic E-state index is 12.9. The van der Waals surface area contributed by atoms with Gasteiger partial charge in [-0.3, -0.25) is 10.1 Å². The van der Waals surface area contributed by atoms with E-state index in [1.807, 2.05) is 35.8 Å². The molecule has 4 aromatic rings. The number of hydrogen-bond acceptors (Lipinski definition) is 5. The van der Waals surface area contributed by atoms with E-state index in [9.17, 15) is 18.0 Å². The first-order valence-electron chi connectivity index (χ1n) is 9.24. The van der Waals surface area contributed by atoms with Crippen molar-refractivity contribution in [1.82, 2.24) is 29.1 Å². The summed E-state index contributed by atoms with van der Waals surface area (Å²) in [4.78, 5) is 24.7. The lowest BCUT2D eigenvalue weighted by Crippen LogP contribution is -2.20. The molecular weight excluding hydrogens is 399 g/mol. The van der Waals surface area contributed by atoms with E-state index in [0.717, 1.165) is 15.5 Å². The predicted molar refractivity (Wildman–Crippen MR) is 103 cm³/mol. The fraction of sp³-hybridized carbons (Fsp3) is 0.316. The first-order valence-corrected chi connectivity index (χ1v) is 9.24. The number of aromatic nitrogens is 6. The summed E-state index contributed by atoms with van der Waals surface area (Å²) in [6.45, 7) is 5.76. The Morgan fingerprint density at radius 3 is 2.57 bits per heavy atom. The number of para-hydroxylation sites is 2. The van der Waals surface area contributed by atoms with Crippen LogP contribution >= 0.6 is 0 Å². The maximum absolute atomic E-state index is 12.9. The Labute approximate surface area is 168 Å². The van der Waals surface area contributed by atoms with Crippen molar-refractivity contribution in [2.75, 3.05) is 5.32 Å². The third-order valence-corrected chi connectivity index (χ3v) is 4.86. The number of anilines is 1. The third-order valence-electron chi connectivity index (χ3n) is 4.86. The van der Waals surface area contributed by atoms with Gasteiger partial charge in [0.25, 0.3) is 11.6 Å². The molecule has 0 unspecified atom stereocenters. The molecule has 1 amide bonds. The Morgan fingerprint density at radius 2 is 1.87 bits per heavy atom. The zero-order valence-corrected chi connectivity index (χ0v) is 16.4. The molecule has 0 aliphatic carbocycles. The van der Waals surface area contributed by atoms with Crippen molar-refractivity contribution in [1.29, 1.82) is 0 Å². The van der Waals surface area contributed by atoms with Crippen LogP contribution in [0.5, 0.6) is 0 Å². The molecule has 4 rings (SSSR count). The molecule has 0 spiro atoms. The van der Waals surface area contributed by atoms with Gasteiger partial charge in [-0.25, -0.2) is 14.5 Å². The number of halogens is 3. The number of imidazole rings is 1. The SMILES string of the molecule is CCn1c(NC(=O)Cc2c(C)nc3nc(C(F)(F)F)nn3c2C)nc2ccccc21. The molecule has 156 valence electrons. The third kappa shape index (κ3) is 3.36. The lowest BCUT2D eigenvalue weighted by atomic mass is 10.1. The summed E-state index contributed by atoms with van der Waals surface area (Å²) in [6, 6.07) is 7.52. The lowest BCUT2D eigenvalue weighted by molar-refractivity contribution is -0.144. The molecule has 30 heavy (non-hydrogen) atoms. The number of fused-ring (bicyclic) bond motifs is 2. The molecule has 0 atom stereocenters. The van der Waals surface area contributed by atoms with Gasteiger partial charge in [0.05, 0.1) is 17.5 Å². The van der Waals surface area contributed by atoms with E-state index < -0.39 is 12.0 Å². The molecule has 0 bridgehead atoms. The van der Waals surface area contributed by atoms with Gasteiger partial charge in [0.15, 0.2) is 0 Å². The van der Waals surface area contributed by atoms with Gasteiger partial charge in [-0.1, -0.05) is 12.1 Å². The van der Waals surface area contributed by atoms with Crippen molar-refractivity contribution >= 4 is 28.7 Å². The molecule has 3 heterocycles. The molecule has 0 saturated heterocycles. The molecule has 8 nitrogen and oxygen atoms in total. The smallest absolute Gasteiger partial charge is 0.310 e. The summed E-state index contributed by atoms with van der Waals surface area (Å²) < 4.78 is 41.7. The quantitative estimate of drug-likeness (QED) is 0.550. The topological polar surface area (TPSA) is 90.0 Å². The fourth-order valence-electron chi connectivity index (χ4n) is 3.40. The summed E-state index contributed by atoms with van der Waals surface area (Å²) in [5.74, 6) is -1.37. The zero-order valence-electron chi connectivity index (χ0n) is 16.4. The number of nitrogens with zero attached hydrogens (tertiary/aromatic N) is 6. The first kappa shape index (κ1) is 19.8. The largest absolute Gasteiger partial charge is 0.453 e. The van der Waals surface area contributed by atoms with Gasteiger partial charge in [0.1, 0.15) is 0 Å². The summed E-state index contributed by atoms with van der Waals surface area (Å²) >= 11 is 0. The predicted octanol–water partition coefficient (Wildman–Crippen LogP) is 3.31. The van der Waals surface area contributed by atoms with Crippen LogP contribution in [0.2, 0.25) is 0 Å². The normalized spacial score (nSPS) is 12.1. The number of carbonyl (C=O) groups is 1. The number of carbonyl (C=O) groups excluding carboxylic acids is 1. The minimum Gasteiger partial charge on any atom is -0.310 e. The molecule has 0 aliphatic rings.